The topological polar surface area (TPSA) is 41.1 Å². The van der Waals surface area contributed by atoms with Crippen molar-refractivity contribution in [1.82, 2.24) is 10.6 Å². The van der Waals surface area contributed by atoms with Gasteiger partial charge in [-0.15, -0.1) is 0 Å². The molecule has 0 saturated heterocycles. The van der Waals surface area contributed by atoms with Crippen LogP contribution < -0.4 is 10.6 Å². The van der Waals surface area contributed by atoms with Crippen LogP contribution in [0.4, 0.5) is 0 Å². The zero-order valence-electron chi connectivity index (χ0n) is 11.9. The van der Waals surface area contributed by atoms with Crippen molar-refractivity contribution in [3.63, 3.8) is 0 Å². The first kappa shape index (κ1) is 13.9. The predicted octanol–water partition coefficient (Wildman–Crippen LogP) is 2.60. The number of amides is 1. The third-order valence-corrected chi connectivity index (χ3v) is 4.63. The van der Waals surface area contributed by atoms with Crippen LogP contribution in [0, 0.1) is 5.92 Å². The van der Waals surface area contributed by atoms with Crippen molar-refractivity contribution in [2.24, 2.45) is 5.92 Å². The summed E-state index contributed by atoms with van der Waals surface area (Å²) in [4.78, 5) is 12.1. The largest absolute Gasteiger partial charge is 0.354 e. The zero-order valence-corrected chi connectivity index (χ0v) is 11.9. The number of hydrogen-bond donors (Lipinski definition) is 2. The molecule has 1 amide bonds. The fraction of sp³-hybridized carbons (Fsp3) is 0.933. The SMILES string of the molecule is CNC1(CC(=O)NC(C)CC2CC2)CCCCC1. The van der Waals surface area contributed by atoms with E-state index in [1.54, 1.807) is 0 Å². The average molecular weight is 252 g/mol. The highest BCUT2D eigenvalue weighted by molar-refractivity contribution is 5.77. The molecule has 104 valence electrons. The Bertz CT molecular complexity index is 280. The minimum absolute atomic E-state index is 0.0711. The van der Waals surface area contributed by atoms with E-state index in [0.717, 1.165) is 25.2 Å². The molecule has 0 bridgehead atoms. The van der Waals surface area contributed by atoms with Crippen molar-refractivity contribution in [3.8, 4) is 0 Å². The summed E-state index contributed by atoms with van der Waals surface area (Å²) in [6.45, 7) is 2.14. The van der Waals surface area contributed by atoms with Gasteiger partial charge in [-0.25, -0.2) is 0 Å². The van der Waals surface area contributed by atoms with Crippen LogP contribution >= 0.6 is 0 Å². The maximum atomic E-state index is 12.1. The Hall–Kier alpha value is -0.570. The number of hydrogen-bond acceptors (Lipinski definition) is 2. The van der Waals surface area contributed by atoms with Gasteiger partial charge in [0.1, 0.15) is 0 Å². The van der Waals surface area contributed by atoms with Gasteiger partial charge in [0.05, 0.1) is 0 Å². The monoisotopic (exact) mass is 252 g/mol. The summed E-state index contributed by atoms with van der Waals surface area (Å²) >= 11 is 0. The number of carbonyl (C=O) groups excluding carboxylic acids is 1. The minimum Gasteiger partial charge on any atom is -0.354 e. The van der Waals surface area contributed by atoms with Crippen LogP contribution in [-0.2, 0) is 4.79 Å². The van der Waals surface area contributed by atoms with Crippen LogP contribution in [0.25, 0.3) is 0 Å². The Morgan fingerprint density at radius 3 is 2.50 bits per heavy atom. The second-order valence-electron chi connectivity index (χ2n) is 6.42. The van der Waals surface area contributed by atoms with Crippen LogP contribution in [0.2, 0.25) is 0 Å². The van der Waals surface area contributed by atoms with Crippen molar-refractivity contribution in [2.75, 3.05) is 7.05 Å². The molecule has 0 aromatic heterocycles. The highest BCUT2D eigenvalue weighted by Crippen LogP contribution is 2.34. The molecule has 18 heavy (non-hydrogen) atoms. The Kier molecular flexibility index (Phi) is 4.66. The molecule has 0 spiro atoms. The summed E-state index contributed by atoms with van der Waals surface area (Å²) in [6.07, 6.45) is 10.7. The van der Waals surface area contributed by atoms with E-state index in [1.165, 1.54) is 32.1 Å². The second kappa shape index (κ2) is 6.05. The standard InChI is InChI=1S/C15H28N2O/c1-12(10-13-6-7-13)17-14(18)11-15(16-2)8-4-3-5-9-15/h12-13,16H,3-11H2,1-2H3,(H,17,18). The van der Waals surface area contributed by atoms with Crippen LogP contribution in [0.3, 0.4) is 0 Å². The molecular weight excluding hydrogens is 224 g/mol. The van der Waals surface area contributed by atoms with Crippen molar-refractivity contribution in [1.29, 1.82) is 0 Å². The molecule has 3 nitrogen and oxygen atoms in total. The van der Waals surface area contributed by atoms with Gasteiger partial charge in [0.15, 0.2) is 0 Å². The van der Waals surface area contributed by atoms with Gasteiger partial charge in [-0.05, 0) is 39.2 Å². The molecule has 0 aromatic rings. The summed E-state index contributed by atoms with van der Waals surface area (Å²) < 4.78 is 0. The summed E-state index contributed by atoms with van der Waals surface area (Å²) in [7, 11) is 2.01. The lowest BCUT2D eigenvalue weighted by atomic mass is 9.79. The van der Waals surface area contributed by atoms with Crippen LogP contribution in [0.5, 0.6) is 0 Å². The molecule has 0 heterocycles. The fourth-order valence-electron chi connectivity index (χ4n) is 3.29. The third kappa shape index (κ3) is 3.98. The Morgan fingerprint density at radius 1 is 1.28 bits per heavy atom. The van der Waals surface area contributed by atoms with E-state index in [9.17, 15) is 4.79 Å². The third-order valence-electron chi connectivity index (χ3n) is 4.63. The molecule has 1 atom stereocenters. The van der Waals surface area contributed by atoms with Gasteiger partial charge in [-0.1, -0.05) is 32.1 Å². The van der Waals surface area contributed by atoms with E-state index in [1.807, 2.05) is 7.05 Å². The molecule has 2 N–H and O–H groups in total. The summed E-state index contributed by atoms with van der Waals surface area (Å²) in [5.41, 5.74) is 0.0711. The molecule has 0 radical (unpaired) electrons. The van der Waals surface area contributed by atoms with E-state index in [0.29, 0.717) is 12.5 Å². The van der Waals surface area contributed by atoms with Crippen molar-refractivity contribution in [3.05, 3.63) is 0 Å². The van der Waals surface area contributed by atoms with E-state index < -0.39 is 0 Å². The first-order valence-corrected chi connectivity index (χ1v) is 7.62. The Morgan fingerprint density at radius 2 is 1.94 bits per heavy atom. The molecule has 0 aromatic carbocycles. The number of carbonyl (C=O) groups is 1. The Balaban J connectivity index is 1.76. The lowest BCUT2D eigenvalue weighted by molar-refractivity contribution is -0.123. The highest BCUT2D eigenvalue weighted by atomic mass is 16.1. The van der Waals surface area contributed by atoms with Gasteiger partial charge in [0.2, 0.25) is 5.91 Å². The maximum absolute atomic E-state index is 12.1. The van der Waals surface area contributed by atoms with E-state index >= 15 is 0 Å². The summed E-state index contributed by atoms with van der Waals surface area (Å²) in [5.74, 6) is 1.12. The quantitative estimate of drug-likeness (QED) is 0.763. The van der Waals surface area contributed by atoms with E-state index in [-0.39, 0.29) is 11.4 Å². The first-order valence-electron chi connectivity index (χ1n) is 7.62. The fourth-order valence-corrected chi connectivity index (χ4v) is 3.29. The van der Waals surface area contributed by atoms with Gasteiger partial charge in [0, 0.05) is 18.0 Å². The molecule has 1 unspecified atom stereocenters. The highest BCUT2D eigenvalue weighted by Gasteiger charge is 2.33. The number of rotatable bonds is 6. The second-order valence-corrected chi connectivity index (χ2v) is 6.42. The molecule has 2 aliphatic rings. The maximum Gasteiger partial charge on any atom is 0.222 e. The van der Waals surface area contributed by atoms with Gasteiger partial charge in [-0.2, -0.15) is 0 Å². The number of nitrogens with one attached hydrogen (secondary N) is 2. The van der Waals surface area contributed by atoms with Gasteiger partial charge in [0.25, 0.3) is 0 Å². The van der Waals surface area contributed by atoms with Crippen LogP contribution in [0.1, 0.15) is 64.7 Å². The lowest BCUT2D eigenvalue weighted by Gasteiger charge is -2.37. The van der Waals surface area contributed by atoms with Gasteiger partial charge in [-0.3, -0.25) is 4.79 Å². The molecule has 2 aliphatic carbocycles. The summed E-state index contributed by atoms with van der Waals surface area (Å²) in [5, 5.41) is 6.59. The summed E-state index contributed by atoms with van der Waals surface area (Å²) in [6, 6.07) is 0.350. The lowest BCUT2D eigenvalue weighted by Crippen LogP contribution is -2.49. The predicted molar refractivity (Wildman–Crippen MR) is 74.4 cm³/mol. The molecular formula is C15H28N2O. The van der Waals surface area contributed by atoms with Crippen molar-refractivity contribution >= 4 is 5.91 Å². The molecule has 2 fully saturated rings. The van der Waals surface area contributed by atoms with E-state index in [4.69, 9.17) is 0 Å². The van der Waals surface area contributed by atoms with Crippen LogP contribution in [0.15, 0.2) is 0 Å². The Labute approximate surface area is 111 Å². The van der Waals surface area contributed by atoms with Gasteiger partial charge < -0.3 is 10.6 Å². The first-order chi connectivity index (χ1) is 8.63. The average Bonchev–Trinajstić information content (AvgIpc) is 3.13. The molecule has 0 aliphatic heterocycles. The molecule has 3 heteroatoms. The van der Waals surface area contributed by atoms with E-state index in [2.05, 4.69) is 17.6 Å². The van der Waals surface area contributed by atoms with Crippen molar-refractivity contribution < 1.29 is 4.79 Å². The molecule has 2 saturated carbocycles. The molecule has 2 rings (SSSR count). The van der Waals surface area contributed by atoms with Gasteiger partial charge >= 0.3 is 0 Å². The smallest absolute Gasteiger partial charge is 0.222 e. The normalized spacial score (nSPS) is 24.6. The minimum atomic E-state index is 0.0711. The van der Waals surface area contributed by atoms with Crippen LogP contribution in [-0.4, -0.2) is 24.5 Å². The van der Waals surface area contributed by atoms with Crippen molar-refractivity contribution in [2.45, 2.75) is 76.3 Å². The zero-order chi connectivity index (χ0) is 13.0.